The molecule has 1 heterocycles. The molecule has 0 radical (unpaired) electrons. The molecule has 6 heteroatoms. The number of anilines is 1. The van der Waals surface area contributed by atoms with Gasteiger partial charge in [0, 0.05) is 12.6 Å². The van der Waals surface area contributed by atoms with Crippen molar-refractivity contribution in [1.29, 1.82) is 0 Å². The number of aromatic nitrogens is 1. The summed E-state index contributed by atoms with van der Waals surface area (Å²) in [4.78, 5) is 27.0. The molecular formula is C16H18N2O4. The number of hydrogen-bond donors (Lipinski definition) is 2. The second-order valence-electron chi connectivity index (χ2n) is 5.24. The van der Waals surface area contributed by atoms with Crippen molar-refractivity contribution in [2.45, 2.75) is 27.2 Å². The second kappa shape index (κ2) is 6.43. The van der Waals surface area contributed by atoms with Crippen molar-refractivity contribution in [3.63, 3.8) is 0 Å². The Labute approximate surface area is 128 Å². The Morgan fingerprint density at radius 1 is 1.27 bits per heavy atom. The number of hydrogen-bond acceptors (Lipinski definition) is 4. The van der Waals surface area contributed by atoms with Gasteiger partial charge in [0.15, 0.2) is 5.89 Å². The maximum atomic E-state index is 12.1. The Hall–Kier alpha value is -2.63. The van der Waals surface area contributed by atoms with E-state index in [1.54, 1.807) is 45.0 Å². The van der Waals surface area contributed by atoms with E-state index in [0.717, 1.165) is 5.56 Å². The molecule has 2 N–H and O–H groups in total. The molecule has 0 saturated carbocycles. The van der Waals surface area contributed by atoms with Gasteiger partial charge in [-0.2, -0.15) is 0 Å². The van der Waals surface area contributed by atoms with Crippen LogP contribution in [0.2, 0.25) is 0 Å². The third-order valence-corrected chi connectivity index (χ3v) is 3.29. The highest BCUT2D eigenvalue weighted by Crippen LogP contribution is 2.16. The van der Waals surface area contributed by atoms with E-state index in [9.17, 15) is 9.59 Å². The molecule has 1 unspecified atom stereocenters. The number of aryl methyl sites for hydroxylation is 2. The molecule has 116 valence electrons. The first kappa shape index (κ1) is 15.8. The van der Waals surface area contributed by atoms with E-state index in [2.05, 4.69) is 10.3 Å². The van der Waals surface area contributed by atoms with Crippen LogP contribution in [0.3, 0.4) is 0 Å². The van der Waals surface area contributed by atoms with Gasteiger partial charge in [0.25, 0.3) is 5.91 Å². The van der Waals surface area contributed by atoms with E-state index >= 15 is 0 Å². The third-order valence-electron chi connectivity index (χ3n) is 3.29. The zero-order valence-electron chi connectivity index (χ0n) is 12.7. The number of nitrogens with zero attached hydrogens (tertiary/aromatic N) is 1. The molecule has 1 aromatic carbocycles. The number of carboxylic acids is 1. The summed E-state index contributed by atoms with van der Waals surface area (Å²) in [7, 11) is 0. The summed E-state index contributed by atoms with van der Waals surface area (Å²) in [5, 5.41) is 11.6. The molecule has 0 aliphatic heterocycles. The Morgan fingerprint density at radius 2 is 1.91 bits per heavy atom. The molecule has 1 atom stereocenters. The van der Waals surface area contributed by atoms with Gasteiger partial charge in [-0.3, -0.25) is 9.59 Å². The van der Waals surface area contributed by atoms with Gasteiger partial charge < -0.3 is 14.8 Å². The van der Waals surface area contributed by atoms with Gasteiger partial charge in [0.2, 0.25) is 5.76 Å². The van der Waals surface area contributed by atoms with E-state index in [-0.39, 0.29) is 11.7 Å². The molecule has 22 heavy (non-hydrogen) atoms. The maximum Gasteiger partial charge on any atom is 0.306 e. The van der Waals surface area contributed by atoms with Crippen LogP contribution in [0.15, 0.2) is 28.7 Å². The molecule has 2 aromatic rings. The lowest BCUT2D eigenvalue weighted by atomic mass is 10.0. The summed E-state index contributed by atoms with van der Waals surface area (Å²) in [5.74, 6) is -0.986. The van der Waals surface area contributed by atoms with Crippen LogP contribution in [0.25, 0.3) is 0 Å². The fourth-order valence-corrected chi connectivity index (χ4v) is 2.09. The molecule has 0 aliphatic carbocycles. The van der Waals surface area contributed by atoms with Crippen LogP contribution in [0.4, 0.5) is 5.69 Å². The zero-order chi connectivity index (χ0) is 16.3. The van der Waals surface area contributed by atoms with Crippen molar-refractivity contribution in [2.75, 3.05) is 5.32 Å². The SMILES string of the molecule is Cc1nc(C)c(C(=O)Nc2ccc(CC(C)C(=O)O)cc2)o1. The maximum absolute atomic E-state index is 12.1. The number of amides is 1. The summed E-state index contributed by atoms with van der Waals surface area (Å²) in [6.45, 7) is 5.05. The van der Waals surface area contributed by atoms with Gasteiger partial charge in [0.1, 0.15) is 0 Å². The van der Waals surface area contributed by atoms with Gasteiger partial charge in [-0.25, -0.2) is 4.98 Å². The van der Waals surface area contributed by atoms with Crippen molar-refractivity contribution < 1.29 is 19.1 Å². The Balaban J connectivity index is 2.03. The highest BCUT2D eigenvalue weighted by Gasteiger charge is 2.16. The van der Waals surface area contributed by atoms with Crippen molar-refractivity contribution in [3.8, 4) is 0 Å². The molecule has 2 rings (SSSR count). The van der Waals surface area contributed by atoms with E-state index in [1.165, 1.54) is 0 Å². The van der Waals surface area contributed by atoms with Crippen molar-refractivity contribution in [3.05, 3.63) is 47.2 Å². The number of benzene rings is 1. The van der Waals surface area contributed by atoms with Crippen molar-refractivity contribution in [1.82, 2.24) is 4.98 Å². The highest BCUT2D eigenvalue weighted by molar-refractivity contribution is 6.02. The van der Waals surface area contributed by atoms with Gasteiger partial charge in [0.05, 0.1) is 11.6 Å². The quantitative estimate of drug-likeness (QED) is 0.886. The number of carbonyl (C=O) groups excluding carboxylic acids is 1. The van der Waals surface area contributed by atoms with E-state index < -0.39 is 11.9 Å². The minimum atomic E-state index is -0.825. The van der Waals surface area contributed by atoms with Crippen molar-refractivity contribution in [2.24, 2.45) is 5.92 Å². The largest absolute Gasteiger partial charge is 0.481 e. The number of carboxylic acid groups (broad SMARTS) is 1. The second-order valence-corrected chi connectivity index (χ2v) is 5.24. The monoisotopic (exact) mass is 302 g/mol. The number of nitrogens with one attached hydrogen (secondary N) is 1. The molecule has 6 nitrogen and oxygen atoms in total. The lowest BCUT2D eigenvalue weighted by Crippen LogP contribution is -2.13. The Morgan fingerprint density at radius 3 is 2.41 bits per heavy atom. The summed E-state index contributed by atoms with van der Waals surface area (Å²) < 4.78 is 5.26. The summed E-state index contributed by atoms with van der Waals surface area (Å²) in [5.41, 5.74) is 2.06. The van der Waals surface area contributed by atoms with Crippen LogP contribution >= 0.6 is 0 Å². The molecule has 0 aliphatic rings. The van der Waals surface area contributed by atoms with Crippen molar-refractivity contribution >= 4 is 17.6 Å². The lowest BCUT2D eigenvalue weighted by Gasteiger charge is -2.08. The van der Waals surface area contributed by atoms with E-state index in [0.29, 0.717) is 23.7 Å². The molecule has 0 fully saturated rings. The molecule has 0 bridgehead atoms. The summed E-state index contributed by atoms with van der Waals surface area (Å²) in [6, 6.07) is 7.07. The summed E-state index contributed by atoms with van der Waals surface area (Å²) in [6.07, 6.45) is 0.448. The predicted molar refractivity (Wildman–Crippen MR) is 80.9 cm³/mol. The molecule has 1 aromatic heterocycles. The highest BCUT2D eigenvalue weighted by atomic mass is 16.4. The number of rotatable bonds is 5. The zero-order valence-corrected chi connectivity index (χ0v) is 12.7. The fourth-order valence-electron chi connectivity index (χ4n) is 2.09. The Kier molecular flexibility index (Phi) is 4.60. The average molecular weight is 302 g/mol. The van der Waals surface area contributed by atoms with E-state index in [4.69, 9.17) is 9.52 Å². The van der Waals surface area contributed by atoms with Gasteiger partial charge in [-0.15, -0.1) is 0 Å². The van der Waals surface area contributed by atoms with Crippen LogP contribution in [-0.2, 0) is 11.2 Å². The van der Waals surface area contributed by atoms with Crippen LogP contribution in [0.1, 0.15) is 34.6 Å². The normalized spacial score (nSPS) is 12.0. The van der Waals surface area contributed by atoms with Crippen LogP contribution in [0.5, 0.6) is 0 Å². The average Bonchev–Trinajstić information content (AvgIpc) is 2.79. The first-order valence-electron chi connectivity index (χ1n) is 6.94. The van der Waals surface area contributed by atoms with Crippen LogP contribution < -0.4 is 5.32 Å². The third kappa shape index (κ3) is 3.72. The molecular weight excluding hydrogens is 284 g/mol. The van der Waals surface area contributed by atoms with Crippen LogP contribution in [-0.4, -0.2) is 22.0 Å². The number of carbonyl (C=O) groups is 2. The first-order chi connectivity index (χ1) is 10.4. The Bertz CT molecular complexity index is 689. The molecule has 0 saturated heterocycles. The number of oxazole rings is 1. The van der Waals surface area contributed by atoms with Gasteiger partial charge in [-0.05, 0) is 31.0 Å². The minimum absolute atomic E-state index is 0.195. The van der Waals surface area contributed by atoms with Crippen LogP contribution in [0, 0.1) is 19.8 Å². The topological polar surface area (TPSA) is 92.4 Å². The number of aliphatic carboxylic acids is 1. The summed E-state index contributed by atoms with van der Waals surface area (Å²) >= 11 is 0. The molecule has 0 spiro atoms. The van der Waals surface area contributed by atoms with Gasteiger partial charge >= 0.3 is 5.97 Å². The smallest absolute Gasteiger partial charge is 0.306 e. The fraction of sp³-hybridized carbons (Fsp3) is 0.312. The standard InChI is InChI=1S/C16H18N2O4/c1-9(16(20)21)8-12-4-6-13(7-5-12)18-15(19)14-10(2)17-11(3)22-14/h4-7,9H,8H2,1-3H3,(H,18,19)(H,20,21). The minimum Gasteiger partial charge on any atom is -0.481 e. The predicted octanol–water partition coefficient (Wildman–Crippen LogP) is 2.81. The lowest BCUT2D eigenvalue weighted by molar-refractivity contribution is -0.141. The first-order valence-corrected chi connectivity index (χ1v) is 6.94. The van der Waals surface area contributed by atoms with Gasteiger partial charge in [-0.1, -0.05) is 19.1 Å². The molecule has 1 amide bonds. The van der Waals surface area contributed by atoms with E-state index in [1.807, 2.05) is 0 Å².